The van der Waals surface area contributed by atoms with Crippen LogP contribution in [0.3, 0.4) is 0 Å². The first kappa shape index (κ1) is 15.7. The van der Waals surface area contributed by atoms with Gasteiger partial charge in [0.15, 0.2) is 5.82 Å². The number of aryl methyl sites for hydroxylation is 1. The van der Waals surface area contributed by atoms with Crippen molar-refractivity contribution in [2.75, 3.05) is 13.1 Å². The summed E-state index contributed by atoms with van der Waals surface area (Å²) in [6.07, 6.45) is 4.24. The second-order valence-corrected chi connectivity index (χ2v) is 7.49. The van der Waals surface area contributed by atoms with Gasteiger partial charge in [-0.1, -0.05) is 24.2 Å². The number of hydrogen-bond acceptors (Lipinski definition) is 6. The molecule has 0 saturated carbocycles. The second kappa shape index (κ2) is 6.99. The summed E-state index contributed by atoms with van der Waals surface area (Å²) in [6, 6.07) is 8.42. The molecule has 1 fully saturated rings. The van der Waals surface area contributed by atoms with E-state index in [0.717, 1.165) is 62.5 Å². The van der Waals surface area contributed by atoms with E-state index in [1.807, 2.05) is 11.3 Å². The van der Waals surface area contributed by atoms with Gasteiger partial charge in [-0.25, -0.2) is 4.98 Å². The van der Waals surface area contributed by atoms with Crippen molar-refractivity contribution in [3.63, 3.8) is 0 Å². The van der Waals surface area contributed by atoms with Crippen LogP contribution in [-0.2, 0) is 13.0 Å². The normalized spacial score (nSPS) is 16.9. The summed E-state index contributed by atoms with van der Waals surface area (Å²) in [4.78, 5) is 11.7. The van der Waals surface area contributed by atoms with E-state index in [1.54, 1.807) is 0 Å². The quantitative estimate of drug-likeness (QED) is 0.701. The number of likely N-dealkylation sites (tertiary alicyclic amines) is 1. The van der Waals surface area contributed by atoms with E-state index < -0.39 is 0 Å². The predicted molar refractivity (Wildman–Crippen MR) is 95.2 cm³/mol. The zero-order chi connectivity index (χ0) is 16.4. The van der Waals surface area contributed by atoms with Gasteiger partial charge in [-0.3, -0.25) is 4.90 Å². The molecule has 4 rings (SSSR count). The van der Waals surface area contributed by atoms with Gasteiger partial charge >= 0.3 is 0 Å². The van der Waals surface area contributed by atoms with Gasteiger partial charge in [0.1, 0.15) is 0 Å². The van der Waals surface area contributed by atoms with Gasteiger partial charge in [-0.2, -0.15) is 4.98 Å². The highest BCUT2D eigenvalue weighted by molar-refractivity contribution is 7.18. The molecule has 0 radical (unpaired) electrons. The molecule has 3 aromatic rings. The van der Waals surface area contributed by atoms with Crippen molar-refractivity contribution in [1.29, 1.82) is 0 Å². The van der Waals surface area contributed by atoms with Crippen LogP contribution in [0, 0.1) is 0 Å². The molecule has 1 aliphatic heterocycles. The summed E-state index contributed by atoms with van der Waals surface area (Å²) in [5, 5.41) is 5.33. The van der Waals surface area contributed by atoms with Crippen LogP contribution in [0.25, 0.3) is 10.2 Å². The SMILES string of the molecule is CCCc1noc(CN2CCC(c3nc4ccccc4s3)CC2)n1. The molecule has 0 unspecified atom stereocenters. The summed E-state index contributed by atoms with van der Waals surface area (Å²) in [6.45, 7) is 5.02. The number of benzene rings is 1. The molecule has 6 heteroatoms. The van der Waals surface area contributed by atoms with E-state index in [-0.39, 0.29) is 0 Å². The Labute approximate surface area is 145 Å². The summed E-state index contributed by atoms with van der Waals surface area (Å²) >= 11 is 1.85. The number of nitrogens with zero attached hydrogens (tertiary/aromatic N) is 4. The minimum atomic E-state index is 0.581. The molecule has 0 amide bonds. The van der Waals surface area contributed by atoms with Crippen molar-refractivity contribution < 1.29 is 4.52 Å². The molecule has 5 nitrogen and oxygen atoms in total. The van der Waals surface area contributed by atoms with Gasteiger partial charge in [0.25, 0.3) is 0 Å². The van der Waals surface area contributed by atoms with Crippen LogP contribution in [0.1, 0.15) is 48.8 Å². The molecule has 1 aliphatic rings. The Morgan fingerprint density at radius 3 is 2.83 bits per heavy atom. The van der Waals surface area contributed by atoms with Crippen LogP contribution in [0.15, 0.2) is 28.8 Å². The third-order valence-electron chi connectivity index (χ3n) is 4.59. The standard InChI is InChI=1S/C18H22N4OS/c1-2-5-16-20-17(23-21-16)12-22-10-8-13(9-11-22)18-19-14-6-3-4-7-15(14)24-18/h3-4,6-7,13H,2,5,8-12H2,1H3. The van der Waals surface area contributed by atoms with Crippen LogP contribution in [0.5, 0.6) is 0 Å². The van der Waals surface area contributed by atoms with E-state index in [0.29, 0.717) is 5.92 Å². The largest absolute Gasteiger partial charge is 0.338 e. The molecular formula is C18H22N4OS. The fourth-order valence-electron chi connectivity index (χ4n) is 3.27. The summed E-state index contributed by atoms with van der Waals surface area (Å²) in [5.41, 5.74) is 1.13. The zero-order valence-electron chi connectivity index (χ0n) is 13.9. The lowest BCUT2D eigenvalue weighted by Gasteiger charge is -2.29. The Bertz CT molecular complexity index is 771. The number of para-hydroxylation sites is 1. The van der Waals surface area contributed by atoms with E-state index in [4.69, 9.17) is 9.51 Å². The van der Waals surface area contributed by atoms with Crippen molar-refractivity contribution >= 4 is 21.6 Å². The van der Waals surface area contributed by atoms with Crippen LogP contribution >= 0.6 is 11.3 Å². The molecule has 0 bridgehead atoms. The van der Waals surface area contributed by atoms with Crippen molar-refractivity contribution in [3.8, 4) is 0 Å². The first-order chi connectivity index (χ1) is 11.8. The van der Waals surface area contributed by atoms with Crippen LogP contribution in [-0.4, -0.2) is 33.1 Å². The second-order valence-electron chi connectivity index (χ2n) is 6.42. The first-order valence-electron chi connectivity index (χ1n) is 8.71. The van der Waals surface area contributed by atoms with Crippen LogP contribution in [0.4, 0.5) is 0 Å². The molecule has 126 valence electrons. The lowest BCUT2D eigenvalue weighted by molar-refractivity contribution is 0.181. The van der Waals surface area contributed by atoms with Gasteiger partial charge in [0.05, 0.1) is 21.8 Å². The molecule has 0 aliphatic carbocycles. The predicted octanol–water partition coefficient (Wildman–Crippen LogP) is 4.01. The highest BCUT2D eigenvalue weighted by Crippen LogP contribution is 2.34. The Kier molecular flexibility index (Phi) is 4.58. The number of hydrogen-bond donors (Lipinski definition) is 0. The molecule has 24 heavy (non-hydrogen) atoms. The van der Waals surface area contributed by atoms with Crippen LogP contribution < -0.4 is 0 Å². The van der Waals surface area contributed by atoms with Gasteiger partial charge in [0, 0.05) is 12.3 Å². The fourth-order valence-corrected chi connectivity index (χ4v) is 4.41. The Hall–Kier alpha value is -1.79. The van der Waals surface area contributed by atoms with E-state index in [9.17, 15) is 0 Å². The van der Waals surface area contributed by atoms with E-state index >= 15 is 0 Å². The zero-order valence-corrected chi connectivity index (χ0v) is 14.8. The minimum absolute atomic E-state index is 0.581. The number of fused-ring (bicyclic) bond motifs is 1. The van der Waals surface area contributed by atoms with Gasteiger partial charge in [-0.05, 0) is 44.5 Å². The van der Waals surface area contributed by atoms with Crippen molar-refractivity contribution in [2.45, 2.75) is 45.1 Å². The van der Waals surface area contributed by atoms with Gasteiger partial charge in [-0.15, -0.1) is 11.3 Å². The molecule has 0 N–H and O–H groups in total. The highest BCUT2D eigenvalue weighted by Gasteiger charge is 2.24. The minimum Gasteiger partial charge on any atom is -0.338 e. The highest BCUT2D eigenvalue weighted by atomic mass is 32.1. The Morgan fingerprint density at radius 1 is 1.21 bits per heavy atom. The lowest BCUT2D eigenvalue weighted by Crippen LogP contribution is -2.32. The third-order valence-corrected chi connectivity index (χ3v) is 5.79. The van der Waals surface area contributed by atoms with Gasteiger partial charge < -0.3 is 4.52 Å². The number of thiazole rings is 1. The molecule has 1 aromatic carbocycles. The van der Waals surface area contributed by atoms with Crippen LogP contribution in [0.2, 0.25) is 0 Å². The maximum atomic E-state index is 5.36. The van der Waals surface area contributed by atoms with Crippen molar-refractivity contribution in [2.24, 2.45) is 0 Å². The summed E-state index contributed by atoms with van der Waals surface area (Å²) in [5.74, 6) is 2.16. The van der Waals surface area contributed by atoms with Gasteiger partial charge in [0.2, 0.25) is 5.89 Å². The molecule has 0 atom stereocenters. The maximum absolute atomic E-state index is 5.36. The Morgan fingerprint density at radius 2 is 2.04 bits per heavy atom. The first-order valence-corrected chi connectivity index (χ1v) is 9.52. The van der Waals surface area contributed by atoms with Crippen molar-refractivity contribution in [3.05, 3.63) is 41.0 Å². The van der Waals surface area contributed by atoms with E-state index in [2.05, 4.69) is 46.2 Å². The Balaban J connectivity index is 1.35. The number of rotatable bonds is 5. The molecule has 3 heterocycles. The fraction of sp³-hybridized carbons (Fsp3) is 0.500. The number of piperidine rings is 1. The maximum Gasteiger partial charge on any atom is 0.240 e. The molecular weight excluding hydrogens is 320 g/mol. The van der Waals surface area contributed by atoms with E-state index in [1.165, 1.54) is 9.71 Å². The van der Waals surface area contributed by atoms with Crippen molar-refractivity contribution in [1.82, 2.24) is 20.0 Å². The molecule has 2 aromatic heterocycles. The summed E-state index contributed by atoms with van der Waals surface area (Å²) < 4.78 is 6.65. The summed E-state index contributed by atoms with van der Waals surface area (Å²) in [7, 11) is 0. The third kappa shape index (κ3) is 3.35. The average Bonchev–Trinajstić information content (AvgIpc) is 3.22. The molecule has 0 spiro atoms. The average molecular weight is 342 g/mol. The topological polar surface area (TPSA) is 55.1 Å². The lowest BCUT2D eigenvalue weighted by atomic mass is 9.97. The molecule has 1 saturated heterocycles. The monoisotopic (exact) mass is 342 g/mol. The smallest absolute Gasteiger partial charge is 0.240 e. The number of aromatic nitrogens is 3.